The van der Waals surface area contributed by atoms with Crippen LogP contribution in [0.25, 0.3) is 10.9 Å². The zero-order chi connectivity index (χ0) is 16.4. The SMILES string of the molecule is Clc1ccccc1C(Nc1ccccc1)c1c[nH]c2ccccc12. The van der Waals surface area contributed by atoms with E-state index in [1.54, 1.807) is 0 Å². The van der Waals surface area contributed by atoms with Crippen LogP contribution in [0.4, 0.5) is 5.69 Å². The fourth-order valence-corrected chi connectivity index (χ4v) is 3.31. The fourth-order valence-electron chi connectivity index (χ4n) is 3.07. The van der Waals surface area contributed by atoms with Crippen molar-refractivity contribution in [2.75, 3.05) is 5.32 Å². The molecule has 4 aromatic rings. The largest absolute Gasteiger partial charge is 0.374 e. The third-order valence-corrected chi connectivity index (χ3v) is 4.58. The summed E-state index contributed by atoms with van der Waals surface area (Å²) in [5, 5.41) is 5.59. The highest BCUT2D eigenvalue weighted by Gasteiger charge is 2.20. The average Bonchev–Trinajstić information content (AvgIpc) is 3.05. The average molecular weight is 333 g/mol. The topological polar surface area (TPSA) is 27.8 Å². The third-order valence-electron chi connectivity index (χ3n) is 4.23. The van der Waals surface area contributed by atoms with Gasteiger partial charge in [-0.2, -0.15) is 0 Å². The summed E-state index contributed by atoms with van der Waals surface area (Å²) < 4.78 is 0. The van der Waals surface area contributed by atoms with Crippen molar-refractivity contribution < 1.29 is 0 Å². The van der Waals surface area contributed by atoms with Crippen molar-refractivity contribution in [1.82, 2.24) is 4.98 Å². The van der Waals surface area contributed by atoms with E-state index in [-0.39, 0.29) is 6.04 Å². The molecule has 0 saturated heterocycles. The molecule has 4 rings (SSSR count). The van der Waals surface area contributed by atoms with Gasteiger partial charge >= 0.3 is 0 Å². The number of aromatic nitrogens is 1. The molecule has 0 amide bonds. The Morgan fingerprint density at radius 1 is 0.750 bits per heavy atom. The Hall–Kier alpha value is -2.71. The van der Waals surface area contributed by atoms with Gasteiger partial charge < -0.3 is 10.3 Å². The molecule has 0 aliphatic rings. The first kappa shape index (κ1) is 14.9. The number of hydrogen-bond acceptors (Lipinski definition) is 1. The van der Waals surface area contributed by atoms with E-state index in [9.17, 15) is 0 Å². The first-order chi connectivity index (χ1) is 11.8. The second-order valence-corrected chi connectivity index (χ2v) is 6.16. The first-order valence-corrected chi connectivity index (χ1v) is 8.33. The van der Waals surface area contributed by atoms with E-state index in [4.69, 9.17) is 11.6 Å². The highest BCUT2D eigenvalue weighted by atomic mass is 35.5. The predicted octanol–water partition coefficient (Wildman–Crippen LogP) is 6.02. The van der Waals surface area contributed by atoms with Gasteiger partial charge in [0.05, 0.1) is 6.04 Å². The summed E-state index contributed by atoms with van der Waals surface area (Å²) in [6.07, 6.45) is 2.06. The minimum absolute atomic E-state index is 0.0303. The van der Waals surface area contributed by atoms with Crippen LogP contribution in [0.15, 0.2) is 85.1 Å². The number of nitrogens with one attached hydrogen (secondary N) is 2. The Balaban J connectivity index is 1.86. The van der Waals surface area contributed by atoms with Crippen molar-refractivity contribution in [2.24, 2.45) is 0 Å². The molecule has 0 radical (unpaired) electrons. The lowest BCUT2D eigenvalue weighted by atomic mass is 9.97. The van der Waals surface area contributed by atoms with Gasteiger partial charge in [0.25, 0.3) is 0 Å². The highest BCUT2D eigenvalue weighted by molar-refractivity contribution is 6.31. The predicted molar refractivity (Wildman–Crippen MR) is 102 cm³/mol. The number of fused-ring (bicyclic) bond motifs is 1. The lowest BCUT2D eigenvalue weighted by Crippen LogP contribution is -2.12. The Bertz CT molecular complexity index is 960. The van der Waals surface area contributed by atoms with Crippen LogP contribution in [0.3, 0.4) is 0 Å². The van der Waals surface area contributed by atoms with Crippen LogP contribution < -0.4 is 5.32 Å². The van der Waals surface area contributed by atoms with Gasteiger partial charge in [0.2, 0.25) is 0 Å². The van der Waals surface area contributed by atoms with Gasteiger partial charge in [0.15, 0.2) is 0 Å². The fraction of sp³-hybridized carbons (Fsp3) is 0.0476. The third kappa shape index (κ3) is 2.77. The summed E-state index contributed by atoms with van der Waals surface area (Å²) in [4.78, 5) is 3.36. The van der Waals surface area contributed by atoms with Crippen molar-refractivity contribution in [3.8, 4) is 0 Å². The Morgan fingerprint density at radius 3 is 2.29 bits per heavy atom. The van der Waals surface area contributed by atoms with Gasteiger partial charge in [0, 0.05) is 33.4 Å². The Kier molecular flexibility index (Phi) is 3.97. The normalized spacial score (nSPS) is 12.2. The summed E-state index contributed by atoms with van der Waals surface area (Å²) >= 11 is 6.50. The van der Waals surface area contributed by atoms with E-state index in [0.717, 1.165) is 21.8 Å². The molecule has 3 heteroatoms. The smallest absolute Gasteiger partial charge is 0.0802 e. The first-order valence-electron chi connectivity index (χ1n) is 7.95. The van der Waals surface area contributed by atoms with Crippen LogP contribution in [0.5, 0.6) is 0 Å². The number of H-pyrrole nitrogens is 1. The van der Waals surface area contributed by atoms with Gasteiger partial charge in [0.1, 0.15) is 0 Å². The van der Waals surface area contributed by atoms with Crippen LogP contribution in [0.2, 0.25) is 5.02 Å². The standard InChI is InChI=1S/C21H17ClN2/c22-19-12-6-4-11-17(19)21(24-15-8-2-1-3-9-15)18-14-23-20-13-7-5-10-16(18)20/h1-14,21,23-24H. The molecule has 0 saturated carbocycles. The van der Waals surface area contributed by atoms with Crippen LogP contribution in [-0.2, 0) is 0 Å². The minimum Gasteiger partial charge on any atom is -0.374 e. The second kappa shape index (κ2) is 6.42. The maximum absolute atomic E-state index is 6.50. The van der Waals surface area contributed by atoms with Crippen LogP contribution >= 0.6 is 11.6 Å². The van der Waals surface area contributed by atoms with Gasteiger partial charge in [-0.3, -0.25) is 0 Å². The van der Waals surface area contributed by atoms with E-state index in [0.29, 0.717) is 0 Å². The van der Waals surface area contributed by atoms with Crippen molar-refractivity contribution in [3.63, 3.8) is 0 Å². The van der Waals surface area contributed by atoms with Gasteiger partial charge in [-0.15, -0.1) is 0 Å². The van der Waals surface area contributed by atoms with Crippen molar-refractivity contribution in [1.29, 1.82) is 0 Å². The summed E-state index contributed by atoms with van der Waals surface area (Å²) in [5.41, 5.74) is 4.43. The molecule has 118 valence electrons. The van der Waals surface area contributed by atoms with Crippen molar-refractivity contribution in [3.05, 3.63) is 101 Å². The minimum atomic E-state index is -0.0303. The van der Waals surface area contributed by atoms with E-state index in [2.05, 4.69) is 52.9 Å². The monoisotopic (exact) mass is 332 g/mol. The summed E-state index contributed by atoms with van der Waals surface area (Å²) in [6.45, 7) is 0. The van der Waals surface area contributed by atoms with Crippen LogP contribution in [-0.4, -0.2) is 4.98 Å². The van der Waals surface area contributed by atoms with E-state index in [1.165, 1.54) is 10.9 Å². The Morgan fingerprint density at radius 2 is 1.46 bits per heavy atom. The molecule has 0 aliphatic carbocycles. The molecule has 1 unspecified atom stereocenters. The quantitative estimate of drug-likeness (QED) is 0.469. The maximum Gasteiger partial charge on any atom is 0.0802 e. The lowest BCUT2D eigenvalue weighted by Gasteiger charge is -2.21. The number of benzene rings is 3. The van der Waals surface area contributed by atoms with Gasteiger partial charge in [-0.1, -0.05) is 66.2 Å². The van der Waals surface area contributed by atoms with E-state index >= 15 is 0 Å². The molecule has 2 N–H and O–H groups in total. The summed E-state index contributed by atoms with van der Waals surface area (Å²) in [7, 11) is 0. The molecule has 0 bridgehead atoms. The number of aromatic amines is 1. The molecule has 3 aromatic carbocycles. The Labute approximate surface area is 146 Å². The number of anilines is 1. The molecule has 0 fully saturated rings. The maximum atomic E-state index is 6.50. The van der Waals surface area contributed by atoms with Crippen LogP contribution in [0.1, 0.15) is 17.2 Å². The van der Waals surface area contributed by atoms with Gasteiger partial charge in [-0.05, 0) is 29.8 Å². The molecular weight excluding hydrogens is 316 g/mol. The molecule has 1 atom stereocenters. The number of hydrogen-bond donors (Lipinski definition) is 2. The lowest BCUT2D eigenvalue weighted by molar-refractivity contribution is 0.949. The molecular formula is C21H17ClN2. The zero-order valence-electron chi connectivity index (χ0n) is 13.0. The molecule has 0 aliphatic heterocycles. The second-order valence-electron chi connectivity index (χ2n) is 5.75. The number of rotatable bonds is 4. The van der Waals surface area contributed by atoms with Crippen molar-refractivity contribution >= 4 is 28.2 Å². The molecule has 1 aromatic heterocycles. The van der Waals surface area contributed by atoms with E-state index in [1.807, 2.05) is 42.5 Å². The molecule has 0 spiro atoms. The summed E-state index contributed by atoms with van der Waals surface area (Å²) in [5.74, 6) is 0. The highest BCUT2D eigenvalue weighted by Crippen LogP contribution is 2.35. The number of para-hydroxylation sites is 2. The molecule has 1 heterocycles. The summed E-state index contributed by atoms with van der Waals surface area (Å²) in [6, 6.07) is 26.5. The van der Waals surface area contributed by atoms with E-state index < -0.39 is 0 Å². The zero-order valence-corrected chi connectivity index (χ0v) is 13.8. The molecule has 24 heavy (non-hydrogen) atoms. The number of halogens is 1. The van der Waals surface area contributed by atoms with Crippen LogP contribution in [0, 0.1) is 0 Å². The van der Waals surface area contributed by atoms with Crippen molar-refractivity contribution in [2.45, 2.75) is 6.04 Å². The molecule has 2 nitrogen and oxygen atoms in total. The van der Waals surface area contributed by atoms with Gasteiger partial charge in [-0.25, -0.2) is 0 Å².